The van der Waals surface area contributed by atoms with Crippen LogP contribution in [0.4, 0.5) is 4.79 Å². The monoisotopic (exact) mass is 569 g/mol. The molecule has 3 aromatic rings. The molecule has 1 aliphatic heterocycles. The summed E-state index contributed by atoms with van der Waals surface area (Å²) in [5.41, 5.74) is -0.611. The Kier molecular flexibility index (Phi) is 8.39. The van der Waals surface area contributed by atoms with Gasteiger partial charge in [0.1, 0.15) is 29.8 Å². The molecule has 214 valence electrons. The highest BCUT2D eigenvalue weighted by atomic mass is 35.5. The Hall–Kier alpha value is -3.66. The number of hydrogen-bond acceptors (Lipinski definition) is 7. The van der Waals surface area contributed by atoms with Crippen LogP contribution in [0.15, 0.2) is 41.3 Å². The lowest BCUT2D eigenvalue weighted by Crippen LogP contribution is -2.44. The number of carbonyl (C=O) groups excluding carboxylic acids is 2. The van der Waals surface area contributed by atoms with E-state index in [2.05, 4.69) is 15.3 Å². The van der Waals surface area contributed by atoms with Gasteiger partial charge in [0.15, 0.2) is 5.65 Å². The van der Waals surface area contributed by atoms with E-state index in [0.717, 1.165) is 0 Å². The number of pyridine rings is 1. The standard InChI is InChI=1S/C29H36ClN5O5/c1-28(2,3)33-23(36)17-35-25(18-8-7-9-19(30)14-18)32-24-22(26(35)37)15-21(16-31-24)39-20-10-12-34(13-11-20)27(38)40-29(4,5)6/h7-9,14-16,20H,10-13,17H2,1-6H3,(H,33,36). The van der Waals surface area contributed by atoms with Gasteiger partial charge in [-0.25, -0.2) is 14.8 Å². The van der Waals surface area contributed by atoms with Crippen LogP contribution in [0.1, 0.15) is 54.4 Å². The van der Waals surface area contributed by atoms with Gasteiger partial charge in [-0.15, -0.1) is 0 Å². The van der Waals surface area contributed by atoms with Gasteiger partial charge in [0, 0.05) is 42.1 Å². The number of fused-ring (bicyclic) bond motifs is 1. The normalized spacial score (nSPS) is 14.7. The molecule has 2 amide bonds. The summed E-state index contributed by atoms with van der Waals surface area (Å²) in [6, 6.07) is 8.55. The van der Waals surface area contributed by atoms with Gasteiger partial charge in [0.2, 0.25) is 5.91 Å². The van der Waals surface area contributed by atoms with Crippen molar-refractivity contribution in [1.29, 1.82) is 0 Å². The second-order valence-corrected chi connectivity index (χ2v) is 12.4. The van der Waals surface area contributed by atoms with Gasteiger partial charge in [-0.05, 0) is 59.7 Å². The summed E-state index contributed by atoms with van der Waals surface area (Å²) in [4.78, 5) is 49.7. The summed E-state index contributed by atoms with van der Waals surface area (Å²) in [5, 5.41) is 3.61. The number of likely N-dealkylation sites (tertiary alicyclic amines) is 1. The number of aromatic nitrogens is 3. The van der Waals surface area contributed by atoms with Crippen LogP contribution in [0.25, 0.3) is 22.4 Å². The summed E-state index contributed by atoms with van der Waals surface area (Å²) in [6.07, 6.45) is 2.27. The summed E-state index contributed by atoms with van der Waals surface area (Å²) in [6.45, 7) is 11.9. The number of halogens is 1. The highest BCUT2D eigenvalue weighted by molar-refractivity contribution is 6.30. The maximum Gasteiger partial charge on any atom is 0.410 e. The minimum absolute atomic E-state index is 0.156. The predicted octanol–water partition coefficient (Wildman–Crippen LogP) is 4.80. The van der Waals surface area contributed by atoms with Crippen molar-refractivity contribution < 1.29 is 19.1 Å². The Morgan fingerprint density at radius 1 is 1.10 bits per heavy atom. The molecule has 1 fully saturated rings. The Morgan fingerprint density at radius 3 is 2.42 bits per heavy atom. The first kappa shape index (κ1) is 29.3. The van der Waals surface area contributed by atoms with Gasteiger partial charge < -0.3 is 19.7 Å². The third-order valence-corrected chi connectivity index (χ3v) is 6.32. The highest BCUT2D eigenvalue weighted by Crippen LogP contribution is 2.25. The van der Waals surface area contributed by atoms with E-state index in [1.54, 1.807) is 35.2 Å². The average molecular weight is 570 g/mol. The Balaban J connectivity index is 1.60. The number of nitrogens with zero attached hydrogens (tertiary/aromatic N) is 4. The van der Waals surface area contributed by atoms with Crippen LogP contribution in [-0.4, -0.2) is 61.8 Å². The van der Waals surface area contributed by atoms with E-state index in [9.17, 15) is 14.4 Å². The zero-order chi connectivity index (χ0) is 29.2. The van der Waals surface area contributed by atoms with E-state index in [4.69, 9.17) is 21.1 Å². The fourth-order valence-corrected chi connectivity index (χ4v) is 4.61. The molecule has 0 saturated carbocycles. The van der Waals surface area contributed by atoms with Crippen molar-refractivity contribution in [1.82, 2.24) is 24.8 Å². The maximum atomic E-state index is 13.7. The number of nitrogens with one attached hydrogen (secondary N) is 1. The molecule has 0 aliphatic carbocycles. The minimum Gasteiger partial charge on any atom is -0.489 e. The Morgan fingerprint density at radius 2 is 1.80 bits per heavy atom. The van der Waals surface area contributed by atoms with E-state index < -0.39 is 16.7 Å². The fraction of sp³-hybridized carbons (Fsp3) is 0.483. The average Bonchev–Trinajstić information content (AvgIpc) is 2.84. The van der Waals surface area contributed by atoms with Gasteiger partial charge in [-0.3, -0.25) is 14.2 Å². The second-order valence-electron chi connectivity index (χ2n) is 12.0. The van der Waals surface area contributed by atoms with Crippen molar-refractivity contribution >= 4 is 34.6 Å². The van der Waals surface area contributed by atoms with Crippen molar-refractivity contribution in [2.24, 2.45) is 0 Å². The molecular weight excluding hydrogens is 534 g/mol. The molecule has 1 saturated heterocycles. The number of ether oxygens (including phenoxy) is 2. The topological polar surface area (TPSA) is 116 Å². The largest absolute Gasteiger partial charge is 0.489 e. The Bertz CT molecular complexity index is 1470. The molecule has 3 heterocycles. The van der Waals surface area contributed by atoms with Crippen LogP contribution in [0.2, 0.25) is 5.02 Å². The smallest absolute Gasteiger partial charge is 0.410 e. The molecule has 0 atom stereocenters. The van der Waals surface area contributed by atoms with Crippen LogP contribution < -0.4 is 15.6 Å². The lowest BCUT2D eigenvalue weighted by molar-refractivity contribution is -0.123. The van der Waals surface area contributed by atoms with Crippen molar-refractivity contribution in [3.63, 3.8) is 0 Å². The molecule has 0 spiro atoms. The molecule has 11 heteroatoms. The number of amides is 2. The molecule has 1 aromatic carbocycles. The number of carbonyl (C=O) groups is 2. The van der Waals surface area contributed by atoms with Crippen molar-refractivity contribution in [2.45, 2.75) is 78.2 Å². The highest BCUT2D eigenvalue weighted by Gasteiger charge is 2.28. The molecular formula is C29H36ClN5O5. The predicted molar refractivity (Wildman–Crippen MR) is 154 cm³/mol. The van der Waals surface area contributed by atoms with Gasteiger partial charge in [0.25, 0.3) is 5.56 Å². The number of hydrogen-bond donors (Lipinski definition) is 1. The van der Waals surface area contributed by atoms with Gasteiger partial charge in [-0.1, -0.05) is 23.7 Å². The van der Waals surface area contributed by atoms with Crippen LogP contribution >= 0.6 is 11.6 Å². The first-order valence-electron chi connectivity index (χ1n) is 13.3. The molecule has 0 unspecified atom stereocenters. The van der Waals surface area contributed by atoms with E-state index in [1.165, 1.54) is 10.8 Å². The zero-order valence-corrected chi connectivity index (χ0v) is 24.5. The first-order chi connectivity index (χ1) is 18.7. The van der Waals surface area contributed by atoms with Crippen molar-refractivity contribution in [3.8, 4) is 17.1 Å². The minimum atomic E-state index is -0.553. The third kappa shape index (κ3) is 7.50. The molecule has 0 radical (unpaired) electrons. The molecule has 1 aliphatic rings. The molecule has 0 bridgehead atoms. The summed E-state index contributed by atoms with van der Waals surface area (Å²) in [7, 11) is 0. The lowest BCUT2D eigenvalue weighted by Gasteiger charge is -2.33. The molecule has 10 nitrogen and oxygen atoms in total. The van der Waals surface area contributed by atoms with E-state index >= 15 is 0 Å². The van der Waals surface area contributed by atoms with Crippen LogP contribution in [0, 0.1) is 0 Å². The zero-order valence-electron chi connectivity index (χ0n) is 23.8. The SMILES string of the molecule is CC(C)(C)NC(=O)Cn1c(-c2cccc(Cl)c2)nc2ncc(OC3CCN(C(=O)OC(C)(C)C)CC3)cc2c1=O. The van der Waals surface area contributed by atoms with Crippen molar-refractivity contribution in [3.05, 3.63) is 51.9 Å². The first-order valence-corrected chi connectivity index (χ1v) is 13.7. The number of benzene rings is 1. The molecule has 2 aromatic heterocycles. The van der Waals surface area contributed by atoms with Crippen LogP contribution in [-0.2, 0) is 16.1 Å². The van der Waals surface area contributed by atoms with Gasteiger partial charge in [0.05, 0.1) is 11.6 Å². The van der Waals surface area contributed by atoms with Gasteiger partial charge >= 0.3 is 6.09 Å². The molecule has 4 rings (SSSR count). The number of rotatable bonds is 5. The van der Waals surface area contributed by atoms with Crippen LogP contribution in [0.5, 0.6) is 5.75 Å². The second kappa shape index (κ2) is 11.4. The lowest BCUT2D eigenvalue weighted by atomic mass is 10.1. The molecule has 40 heavy (non-hydrogen) atoms. The maximum absolute atomic E-state index is 13.7. The summed E-state index contributed by atoms with van der Waals surface area (Å²) in [5.74, 6) is 0.388. The number of piperidine rings is 1. The van der Waals surface area contributed by atoms with Gasteiger partial charge in [-0.2, -0.15) is 0 Å². The summed E-state index contributed by atoms with van der Waals surface area (Å²) < 4.78 is 12.9. The quantitative estimate of drug-likeness (QED) is 0.469. The fourth-order valence-electron chi connectivity index (χ4n) is 4.42. The summed E-state index contributed by atoms with van der Waals surface area (Å²) >= 11 is 6.21. The Labute approximate surface area is 238 Å². The third-order valence-electron chi connectivity index (χ3n) is 6.08. The van der Waals surface area contributed by atoms with Crippen molar-refractivity contribution in [2.75, 3.05) is 13.1 Å². The van der Waals surface area contributed by atoms with E-state index in [0.29, 0.717) is 48.1 Å². The van der Waals surface area contributed by atoms with E-state index in [-0.39, 0.29) is 35.7 Å². The van der Waals surface area contributed by atoms with E-state index in [1.807, 2.05) is 41.5 Å². The molecule has 1 N–H and O–H groups in total. The van der Waals surface area contributed by atoms with Crippen LogP contribution in [0.3, 0.4) is 0 Å².